The number of hydrogen-bond acceptors (Lipinski definition) is 7. The van der Waals surface area contributed by atoms with Gasteiger partial charge < -0.3 is 15.7 Å². The predicted octanol–water partition coefficient (Wildman–Crippen LogP) is 5.47. The lowest BCUT2D eigenvalue weighted by Gasteiger charge is -2.42. The van der Waals surface area contributed by atoms with Crippen molar-refractivity contribution in [2.45, 2.75) is 92.9 Å². The summed E-state index contributed by atoms with van der Waals surface area (Å²) in [4.78, 5) is 33.8. The molecule has 2 amide bonds. The zero-order chi connectivity index (χ0) is 36.2. The maximum Gasteiger partial charge on any atom is 0.407 e. The highest BCUT2D eigenvalue weighted by molar-refractivity contribution is 6.04. The lowest BCUT2D eigenvalue weighted by atomic mass is 9.73. The number of nitriles is 1. The number of amides is 2. The number of nitrogens with one attached hydrogen (secondary N) is 2. The van der Waals surface area contributed by atoms with Crippen LogP contribution in [0.15, 0.2) is 36.7 Å². The molecule has 1 saturated carbocycles. The highest BCUT2D eigenvalue weighted by Gasteiger charge is 2.72. The Hall–Kier alpha value is -4.27. The molecular formula is C31H31F9N6O3. The monoisotopic (exact) mass is 706 g/mol. The van der Waals surface area contributed by atoms with Gasteiger partial charge in [-0.3, -0.25) is 24.4 Å². The Labute approximate surface area is 274 Å². The van der Waals surface area contributed by atoms with E-state index < -0.39 is 108 Å². The topological polar surface area (TPSA) is 122 Å². The van der Waals surface area contributed by atoms with Crippen molar-refractivity contribution in [1.29, 1.82) is 5.26 Å². The second kappa shape index (κ2) is 12.6. The predicted molar refractivity (Wildman–Crippen MR) is 154 cm³/mol. The van der Waals surface area contributed by atoms with Gasteiger partial charge >= 0.3 is 12.4 Å². The summed E-state index contributed by atoms with van der Waals surface area (Å²) < 4.78 is 128. The minimum absolute atomic E-state index is 0.172. The molecule has 0 spiro atoms. The van der Waals surface area contributed by atoms with Gasteiger partial charge in [0.05, 0.1) is 18.3 Å². The first kappa shape index (κ1) is 36.0. The number of β-amino-alcohol motifs (C(OH)–C–C–N with tert-alkyl or cyclic N) is 1. The van der Waals surface area contributed by atoms with Crippen LogP contribution in [-0.4, -0.2) is 75.9 Å². The van der Waals surface area contributed by atoms with E-state index in [4.69, 9.17) is 0 Å². The number of nitrogens with zero attached hydrogens (tertiary/aromatic N) is 4. The van der Waals surface area contributed by atoms with Crippen molar-refractivity contribution in [2.24, 2.45) is 0 Å². The molecule has 3 unspecified atom stereocenters. The molecular weight excluding hydrogens is 675 g/mol. The SMILES string of the molecule is CC1(O)CC(C(=O)N(c2ccc3c(c2)NCCC3(C(F)(F)F)C(F)(F)F)C(C(=O)NC2CCC(F)(F)CC2)c2cncc(F)c2)N(C#N)C1. The van der Waals surface area contributed by atoms with Crippen molar-refractivity contribution in [3.63, 3.8) is 0 Å². The van der Waals surface area contributed by atoms with Crippen molar-refractivity contribution in [1.82, 2.24) is 15.2 Å². The van der Waals surface area contributed by atoms with Gasteiger partial charge in [-0.25, -0.2) is 13.2 Å². The van der Waals surface area contributed by atoms with Crippen molar-refractivity contribution < 1.29 is 54.2 Å². The van der Waals surface area contributed by atoms with Crippen LogP contribution in [0.2, 0.25) is 0 Å². The van der Waals surface area contributed by atoms with Gasteiger partial charge in [-0.1, -0.05) is 6.07 Å². The van der Waals surface area contributed by atoms with Gasteiger partial charge in [-0.15, -0.1) is 0 Å². The second-order valence-electron chi connectivity index (χ2n) is 12.9. The molecule has 3 aliphatic rings. The normalized spacial score (nSPS) is 24.3. The first-order chi connectivity index (χ1) is 22.7. The summed E-state index contributed by atoms with van der Waals surface area (Å²) in [7, 11) is 0. The maximum atomic E-state index is 14.6. The van der Waals surface area contributed by atoms with Gasteiger partial charge in [-0.05, 0) is 49.9 Å². The van der Waals surface area contributed by atoms with Crippen LogP contribution in [0.5, 0.6) is 0 Å². The number of anilines is 2. The summed E-state index contributed by atoms with van der Waals surface area (Å²) in [5.41, 5.74) is -8.43. The summed E-state index contributed by atoms with van der Waals surface area (Å²) >= 11 is 0. The molecule has 2 aliphatic heterocycles. The maximum absolute atomic E-state index is 14.6. The molecule has 3 atom stereocenters. The van der Waals surface area contributed by atoms with Crippen molar-refractivity contribution >= 4 is 23.2 Å². The van der Waals surface area contributed by atoms with Crippen LogP contribution < -0.4 is 15.5 Å². The fourth-order valence-corrected chi connectivity index (χ4v) is 6.89. The molecule has 3 N–H and O–H groups in total. The van der Waals surface area contributed by atoms with E-state index in [1.54, 1.807) is 6.19 Å². The smallest absolute Gasteiger partial charge is 0.388 e. The van der Waals surface area contributed by atoms with Crippen LogP contribution in [0.25, 0.3) is 0 Å². The van der Waals surface area contributed by atoms with Crippen molar-refractivity contribution in [3.05, 3.63) is 53.6 Å². The first-order valence-electron chi connectivity index (χ1n) is 15.2. The molecule has 2 aromatic rings. The van der Waals surface area contributed by atoms with Crippen LogP contribution in [0, 0.1) is 17.3 Å². The number of fused-ring (bicyclic) bond motifs is 1. The Balaban J connectivity index is 1.68. The molecule has 3 heterocycles. The highest BCUT2D eigenvalue weighted by Crippen LogP contribution is 2.58. The summed E-state index contributed by atoms with van der Waals surface area (Å²) in [6, 6.07) is -1.29. The average Bonchev–Trinajstić information content (AvgIpc) is 3.33. The minimum atomic E-state index is -5.78. The van der Waals surface area contributed by atoms with E-state index >= 15 is 0 Å². The van der Waals surface area contributed by atoms with E-state index in [1.165, 1.54) is 6.92 Å². The number of rotatable bonds is 6. The molecule has 266 valence electrons. The molecule has 18 heteroatoms. The number of aromatic nitrogens is 1. The fourth-order valence-electron chi connectivity index (χ4n) is 6.89. The summed E-state index contributed by atoms with van der Waals surface area (Å²) in [5, 5.41) is 25.6. The molecule has 1 aromatic carbocycles. The van der Waals surface area contributed by atoms with E-state index in [1.807, 2.05) is 0 Å². The number of alkyl halides is 8. The molecule has 1 aromatic heterocycles. The molecule has 0 bridgehead atoms. The zero-order valence-electron chi connectivity index (χ0n) is 25.8. The molecule has 0 radical (unpaired) electrons. The largest absolute Gasteiger partial charge is 0.407 e. The van der Waals surface area contributed by atoms with E-state index in [0.29, 0.717) is 11.0 Å². The lowest BCUT2D eigenvalue weighted by molar-refractivity contribution is -0.305. The van der Waals surface area contributed by atoms with Crippen molar-refractivity contribution in [2.75, 3.05) is 23.3 Å². The van der Waals surface area contributed by atoms with E-state index in [2.05, 4.69) is 15.6 Å². The van der Waals surface area contributed by atoms with Crippen LogP contribution in [0.1, 0.15) is 62.6 Å². The number of aliphatic hydroxyl groups is 1. The third kappa shape index (κ3) is 6.81. The summed E-state index contributed by atoms with van der Waals surface area (Å²) in [5.74, 6) is -6.09. The molecule has 49 heavy (non-hydrogen) atoms. The van der Waals surface area contributed by atoms with Gasteiger partial charge in [0.1, 0.15) is 17.9 Å². The second-order valence-corrected chi connectivity index (χ2v) is 12.9. The van der Waals surface area contributed by atoms with Gasteiger partial charge in [-0.2, -0.15) is 31.6 Å². The summed E-state index contributed by atoms with van der Waals surface area (Å²) in [6.07, 6.45) is -11.3. The number of carbonyl (C=O) groups excluding carboxylic acids is 2. The van der Waals surface area contributed by atoms with Gasteiger partial charge in [0, 0.05) is 55.0 Å². The number of carbonyl (C=O) groups is 2. The lowest BCUT2D eigenvalue weighted by Crippen LogP contribution is -2.56. The quantitative estimate of drug-likeness (QED) is 0.269. The molecule has 1 saturated heterocycles. The average molecular weight is 707 g/mol. The van der Waals surface area contributed by atoms with E-state index in [9.17, 15) is 59.5 Å². The Kier molecular flexibility index (Phi) is 9.23. The van der Waals surface area contributed by atoms with Gasteiger partial charge in [0.15, 0.2) is 11.6 Å². The summed E-state index contributed by atoms with van der Waals surface area (Å²) in [6.45, 7) is 0.209. The minimum Gasteiger partial charge on any atom is -0.388 e. The van der Waals surface area contributed by atoms with Crippen LogP contribution >= 0.6 is 0 Å². The Morgan fingerprint density at radius 1 is 1.10 bits per heavy atom. The number of halogens is 9. The Morgan fingerprint density at radius 3 is 2.35 bits per heavy atom. The van der Waals surface area contributed by atoms with Crippen LogP contribution in [0.4, 0.5) is 50.9 Å². The zero-order valence-corrected chi connectivity index (χ0v) is 25.8. The first-order valence-corrected chi connectivity index (χ1v) is 15.2. The number of likely N-dealkylation sites (tertiary alicyclic amines) is 1. The molecule has 9 nitrogen and oxygen atoms in total. The molecule has 2 fully saturated rings. The number of pyridine rings is 1. The van der Waals surface area contributed by atoms with Crippen LogP contribution in [0.3, 0.4) is 0 Å². The number of benzene rings is 1. The standard InChI is InChI=1S/C31H31F9N6O3/c1-27(49)12-23(45(15-27)16-41)26(48)46(20-2-3-21-22(11-20)43-9-8-29(21,30(35,36)37)31(38,39)40)24(17-10-18(32)14-42-13-17)25(47)44-19-4-6-28(33,34)7-5-19/h2-3,10-11,13-14,19,23-24,43,49H,4-9,12,15H2,1H3,(H,44,47). The molecule has 5 rings (SSSR count). The van der Waals surface area contributed by atoms with Crippen LogP contribution in [-0.2, 0) is 15.0 Å². The Bertz CT molecular complexity index is 1620. The van der Waals surface area contributed by atoms with E-state index in [0.717, 1.165) is 35.5 Å². The van der Waals surface area contributed by atoms with Crippen molar-refractivity contribution in [3.8, 4) is 6.19 Å². The van der Waals surface area contributed by atoms with E-state index in [-0.39, 0.29) is 31.4 Å². The third-order valence-electron chi connectivity index (χ3n) is 9.31. The highest BCUT2D eigenvalue weighted by atomic mass is 19.4. The Morgan fingerprint density at radius 2 is 1.76 bits per heavy atom. The third-order valence-corrected chi connectivity index (χ3v) is 9.31. The molecule has 1 aliphatic carbocycles. The van der Waals surface area contributed by atoms with Gasteiger partial charge in [0.25, 0.3) is 5.91 Å². The van der Waals surface area contributed by atoms with Gasteiger partial charge in [0.2, 0.25) is 11.8 Å². The fraction of sp³-hybridized carbons (Fsp3) is 0.548. The number of hydrogen-bond donors (Lipinski definition) is 3.